The fraction of sp³-hybridized carbons (Fsp3) is 0.750. The second-order valence-corrected chi connectivity index (χ2v) is 10.6. The van der Waals surface area contributed by atoms with Crippen molar-refractivity contribution in [1.29, 1.82) is 0 Å². The molecule has 6 heterocycles. The Kier molecular flexibility index (Phi) is 6.32. The predicted molar refractivity (Wildman–Crippen MR) is 134 cm³/mol. The minimum Gasteiger partial charge on any atom is -0.383 e. The Morgan fingerprint density at radius 1 is 1.09 bits per heavy atom. The van der Waals surface area contributed by atoms with Crippen LogP contribution in [0.15, 0.2) is 6.07 Å². The second kappa shape index (κ2) is 9.43. The molecule has 0 saturated carbocycles. The zero-order valence-corrected chi connectivity index (χ0v) is 21.1. The molecule has 4 saturated heterocycles. The Bertz CT molecular complexity index is 1020. The molecule has 4 aliphatic heterocycles. The third kappa shape index (κ3) is 4.15. The van der Waals surface area contributed by atoms with Crippen molar-refractivity contribution in [1.82, 2.24) is 24.3 Å². The number of aryl methyl sites for hydroxylation is 1. The van der Waals surface area contributed by atoms with Gasteiger partial charge < -0.3 is 23.8 Å². The van der Waals surface area contributed by atoms with Crippen molar-refractivity contribution in [2.75, 3.05) is 82.5 Å². The number of rotatable bonds is 6. The summed E-state index contributed by atoms with van der Waals surface area (Å²) in [7, 11) is 3.89. The van der Waals surface area contributed by atoms with Crippen LogP contribution in [0.25, 0.3) is 11.0 Å². The molecule has 0 radical (unpaired) electrons. The van der Waals surface area contributed by atoms with Crippen molar-refractivity contribution in [3.8, 4) is 0 Å². The molecule has 0 aromatic carbocycles. The Morgan fingerprint density at radius 2 is 1.88 bits per heavy atom. The number of hydrogen-bond donors (Lipinski definition) is 0. The summed E-state index contributed by atoms with van der Waals surface area (Å²) in [5.74, 6) is 1.95. The highest BCUT2D eigenvalue weighted by Crippen LogP contribution is 2.37. The fourth-order valence-corrected chi connectivity index (χ4v) is 6.46. The lowest BCUT2D eigenvalue weighted by Gasteiger charge is -2.43. The lowest BCUT2D eigenvalue weighted by atomic mass is 10.0. The number of anilines is 2. The van der Waals surface area contributed by atoms with Gasteiger partial charge in [0.2, 0.25) is 5.95 Å². The topological polar surface area (TPSA) is 62.1 Å². The van der Waals surface area contributed by atoms with Crippen LogP contribution in [0.1, 0.15) is 19.3 Å². The molecule has 34 heavy (non-hydrogen) atoms. The molecular weight excluding hydrogens is 454 g/mol. The van der Waals surface area contributed by atoms with Crippen molar-refractivity contribution >= 4 is 34.4 Å². The van der Waals surface area contributed by atoms with Gasteiger partial charge in [0, 0.05) is 78.6 Å². The summed E-state index contributed by atoms with van der Waals surface area (Å²) < 4.78 is 13.2. The first-order valence-electron chi connectivity index (χ1n) is 12.7. The number of halogens is 1. The Hall–Kier alpha value is -1.65. The van der Waals surface area contributed by atoms with Crippen molar-refractivity contribution in [2.24, 2.45) is 7.05 Å². The van der Waals surface area contributed by atoms with Gasteiger partial charge in [0.25, 0.3) is 0 Å². The number of methoxy groups -OCH3 is 1. The fourth-order valence-electron chi connectivity index (χ4n) is 6.27. The number of piperidine rings is 1. The molecule has 9 nitrogen and oxygen atoms in total. The minimum atomic E-state index is 0.310. The maximum Gasteiger partial charge on any atom is 0.206 e. The molecule has 4 fully saturated rings. The Morgan fingerprint density at radius 3 is 2.56 bits per heavy atom. The highest BCUT2D eigenvalue weighted by molar-refractivity contribution is 6.30. The average molecular weight is 490 g/mol. The molecule has 2 aromatic rings. The SMILES string of the molecule is COCCN1CCN(C2CCN(c3nc4c(N5C[C@H]6C[C@@H]5CO6)nc(Cl)cc4n3C)CC2)CC1. The van der Waals surface area contributed by atoms with Crippen LogP contribution in [-0.4, -0.2) is 115 Å². The molecule has 0 N–H and O–H groups in total. The standard InChI is InChI=1S/C24H36ClN7O2/c1-28-20-14-21(25)26-23(32-15-19-13-18(32)16-34-19)22(20)27-24(28)31-5-3-17(4-6-31)30-9-7-29(8-10-30)11-12-33-2/h14,17-19H,3-13,15-16H2,1-2H3/t18-,19-/m1/s1. The smallest absolute Gasteiger partial charge is 0.206 e. The maximum atomic E-state index is 6.48. The molecule has 0 spiro atoms. The van der Waals surface area contributed by atoms with Crippen molar-refractivity contribution in [3.05, 3.63) is 11.2 Å². The molecular formula is C24H36ClN7O2. The zero-order valence-electron chi connectivity index (χ0n) is 20.3. The number of nitrogens with zero attached hydrogens (tertiary/aromatic N) is 7. The number of imidazole rings is 1. The van der Waals surface area contributed by atoms with Crippen molar-refractivity contribution in [3.63, 3.8) is 0 Å². The normalized spacial score (nSPS) is 26.9. The highest BCUT2D eigenvalue weighted by Gasteiger charge is 2.41. The quantitative estimate of drug-likeness (QED) is 0.570. The van der Waals surface area contributed by atoms with E-state index >= 15 is 0 Å². The van der Waals surface area contributed by atoms with E-state index < -0.39 is 0 Å². The van der Waals surface area contributed by atoms with Gasteiger partial charge in [-0.05, 0) is 19.3 Å². The number of hydrogen-bond acceptors (Lipinski definition) is 8. The Balaban J connectivity index is 1.15. The summed E-state index contributed by atoms with van der Waals surface area (Å²) in [6.07, 6.45) is 3.74. The number of ether oxygens (including phenoxy) is 2. The van der Waals surface area contributed by atoms with Gasteiger partial charge >= 0.3 is 0 Å². The van der Waals surface area contributed by atoms with E-state index in [1.54, 1.807) is 7.11 Å². The summed E-state index contributed by atoms with van der Waals surface area (Å²) in [5, 5.41) is 0.532. The molecule has 0 unspecified atom stereocenters. The summed E-state index contributed by atoms with van der Waals surface area (Å²) in [4.78, 5) is 19.9. The first-order chi connectivity index (χ1) is 16.6. The molecule has 2 atom stereocenters. The van der Waals surface area contributed by atoms with Crippen LogP contribution in [0, 0.1) is 0 Å². The number of pyridine rings is 1. The lowest BCUT2D eigenvalue weighted by molar-refractivity contribution is 0.0671. The average Bonchev–Trinajstić information content (AvgIpc) is 3.58. The van der Waals surface area contributed by atoms with Crippen LogP contribution in [0.2, 0.25) is 5.15 Å². The summed E-state index contributed by atoms with van der Waals surface area (Å²) >= 11 is 6.48. The van der Waals surface area contributed by atoms with E-state index in [4.69, 9.17) is 31.0 Å². The van der Waals surface area contributed by atoms with Crippen LogP contribution in [-0.2, 0) is 16.5 Å². The lowest BCUT2D eigenvalue weighted by Crippen LogP contribution is -2.53. The minimum absolute atomic E-state index is 0.310. The first kappa shape index (κ1) is 22.8. The third-order valence-electron chi connectivity index (χ3n) is 8.25. The molecule has 2 bridgehead atoms. The van der Waals surface area contributed by atoms with Gasteiger partial charge in [0.05, 0.1) is 30.9 Å². The van der Waals surface area contributed by atoms with Crippen molar-refractivity contribution in [2.45, 2.75) is 37.5 Å². The van der Waals surface area contributed by atoms with Crippen LogP contribution < -0.4 is 9.80 Å². The molecule has 0 amide bonds. The first-order valence-corrected chi connectivity index (χ1v) is 13.1. The van der Waals surface area contributed by atoms with E-state index in [2.05, 4.69) is 31.2 Å². The van der Waals surface area contributed by atoms with Gasteiger partial charge in [-0.1, -0.05) is 11.6 Å². The number of piperazine rings is 1. The largest absolute Gasteiger partial charge is 0.383 e. The Labute approximate surface area is 206 Å². The van der Waals surface area contributed by atoms with Gasteiger partial charge in [-0.3, -0.25) is 9.80 Å². The molecule has 10 heteroatoms. The molecule has 4 aliphatic rings. The predicted octanol–water partition coefficient (Wildman–Crippen LogP) is 1.83. The summed E-state index contributed by atoms with van der Waals surface area (Å²) in [6, 6.07) is 3.01. The van der Waals surface area contributed by atoms with Gasteiger partial charge in [-0.15, -0.1) is 0 Å². The van der Waals surface area contributed by atoms with E-state index in [0.29, 0.717) is 23.3 Å². The monoisotopic (exact) mass is 489 g/mol. The van der Waals surface area contributed by atoms with E-state index in [0.717, 1.165) is 94.8 Å². The van der Waals surface area contributed by atoms with E-state index in [1.165, 1.54) is 12.8 Å². The van der Waals surface area contributed by atoms with Gasteiger partial charge in [0.1, 0.15) is 10.7 Å². The van der Waals surface area contributed by atoms with Crippen LogP contribution in [0.4, 0.5) is 11.8 Å². The molecule has 186 valence electrons. The van der Waals surface area contributed by atoms with Gasteiger partial charge in [0.15, 0.2) is 5.82 Å². The highest BCUT2D eigenvalue weighted by atomic mass is 35.5. The van der Waals surface area contributed by atoms with E-state index in [9.17, 15) is 0 Å². The summed E-state index contributed by atoms with van der Waals surface area (Å²) in [6.45, 7) is 10.2. The summed E-state index contributed by atoms with van der Waals surface area (Å²) in [5.41, 5.74) is 2.02. The third-order valence-corrected chi connectivity index (χ3v) is 8.44. The van der Waals surface area contributed by atoms with Gasteiger partial charge in [-0.2, -0.15) is 0 Å². The number of aromatic nitrogens is 3. The number of fused-ring (bicyclic) bond motifs is 3. The van der Waals surface area contributed by atoms with E-state index in [1.807, 2.05) is 6.07 Å². The zero-order chi connectivity index (χ0) is 23.2. The van der Waals surface area contributed by atoms with Crippen LogP contribution in [0.3, 0.4) is 0 Å². The van der Waals surface area contributed by atoms with E-state index in [-0.39, 0.29) is 0 Å². The maximum absolute atomic E-state index is 6.48. The van der Waals surface area contributed by atoms with Crippen molar-refractivity contribution < 1.29 is 9.47 Å². The van der Waals surface area contributed by atoms with Gasteiger partial charge in [-0.25, -0.2) is 9.97 Å². The second-order valence-electron chi connectivity index (χ2n) is 10.2. The van der Waals surface area contributed by atoms with Crippen LogP contribution >= 0.6 is 11.6 Å². The molecule has 0 aliphatic carbocycles. The molecule has 2 aromatic heterocycles. The van der Waals surface area contributed by atoms with Crippen LogP contribution in [0.5, 0.6) is 0 Å². The number of morpholine rings is 1. The molecule has 6 rings (SSSR count).